The Hall–Kier alpha value is -1.41. The molecule has 0 atom stereocenters. The molecule has 0 aromatic carbocycles. The lowest BCUT2D eigenvalue weighted by molar-refractivity contribution is -0.119. The summed E-state index contributed by atoms with van der Waals surface area (Å²) in [5.74, 6) is -0.526. The summed E-state index contributed by atoms with van der Waals surface area (Å²) in [6.45, 7) is 6.80. The Bertz CT molecular complexity index is 642. The van der Waals surface area contributed by atoms with Crippen LogP contribution in [0.15, 0.2) is 12.1 Å². The first-order chi connectivity index (χ1) is 10.0. The highest BCUT2D eigenvalue weighted by molar-refractivity contribution is 7.92. The molecule has 0 unspecified atom stereocenters. The molecule has 0 radical (unpaired) electrons. The molecule has 22 heavy (non-hydrogen) atoms. The minimum atomic E-state index is -3.25. The molecule has 0 aliphatic carbocycles. The quantitative estimate of drug-likeness (QED) is 0.813. The van der Waals surface area contributed by atoms with Gasteiger partial charge in [-0.15, -0.1) is 11.3 Å². The molecule has 0 spiro atoms. The number of hydrogen-bond acceptors (Lipinski definition) is 5. The number of amides is 2. The van der Waals surface area contributed by atoms with Gasteiger partial charge in [0.1, 0.15) is 0 Å². The van der Waals surface area contributed by atoms with E-state index in [4.69, 9.17) is 0 Å². The van der Waals surface area contributed by atoms with Crippen molar-refractivity contribution in [3.8, 4) is 0 Å². The van der Waals surface area contributed by atoms with Gasteiger partial charge in [0.05, 0.1) is 21.9 Å². The van der Waals surface area contributed by atoms with Gasteiger partial charge in [0.2, 0.25) is 5.91 Å². The highest BCUT2D eigenvalue weighted by atomic mass is 32.2. The highest BCUT2D eigenvalue weighted by Crippen LogP contribution is 2.17. The molecule has 1 aromatic heterocycles. The monoisotopic (exact) mass is 346 g/mol. The SMILES string of the molecule is CC(=O)NCc1ccc(C(=O)NCCS(=O)(=O)C(C)(C)C)s1. The van der Waals surface area contributed by atoms with Crippen molar-refractivity contribution in [2.24, 2.45) is 0 Å². The predicted octanol–water partition coefficient (Wildman–Crippen LogP) is 1.33. The molecule has 2 N–H and O–H groups in total. The molecular weight excluding hydrogens is 324 g/mol. The summed E-state index contributed by atoms with van der Waals surface area (Å²) in [6, 6.07) is 3.43. The van der Waals surface area contributed by atoms with E-state index in [2.05, 4.69) is 10.6 Å². The van der Waals surface area contributed by atoms with Crippen molar-refractivity contribution >= 4 is 33.0 Å². The Labute approximate surface area is 135 Å². The number of nitrogens with one attached hydrogen (secondary N) is 2. The Morgan fingerprint density at radius 1 is 1.18 bits per heavy atom. The third-order valence-corrected chi connectivity index (χ3v) is 6.68. The zero-order chi connectivity index (χ0) is 17.0. The second-order valence-electron chi connectivity index (χ2n) is 5.86. The van der Waals surface area contributed by atoms with Gasteiger partial charge in [0.15, 0.2) is 9.84 Å². The first kappa shape index (κ1) is 18.6. The summed E-state index contributed by atoms with van der Waals surface area (Å²) in [5, 5.41) is 5.26. The van der Waals surface area contributed by atoms with Gasteiger partial charge in [0.25, 0.3) is 5.91 Å². The first-order valence-electron chi connectivity index (χ1n) is 6.86. The number of thiophene rings is 1. The molecule has 124 valence electrons. The summed E-state index contributed by atoms with van der Waals surface area (Å²) < 4.78 is 23.0. The molecule has 6 nitrogen and oxygen atoms in total. The van der Waals surface area contributed by atoms with Gasteiger partial charge < -0.3 is 10.6 Å². The van der Waals surface area contributed by atoms with Gasteiger partial charge in [-0.1, -0.05) is 0 Å². The Morgan fingerprint density at radius 2 is 1.82 bits per heavy atom. The lowest BCUT2D eigenvalue weighted by atomic mass is 10.3. The van der Waals surface area contributed by atoms with Crippen LogP contribution in [0.1, 0.15) is 42.2 Å². The van der Waals surface area contributed by atoms with E-state index in [-0.39, 0.29) is 24.1 Å². The van der Waals surface area contributed by atoms with Crippen LogP contribution in [0.25, 0.3) is 0 Å². The molecule has 0 saturated heterocycles. The number of rotatable bonds is 6. The van der Waals surface area contributed by atoms with E-state index in [9.17, 15) is 18.0 Å². The van der Waals surface area contributed by atoms with E-state index in [1.165, 1.54) is 18.3 Å². The standard InChI is InChI=1S/C14H22N2O4S2/c1-10(17)16-9-11-5-6-12(21-11)13(18)15-7-8-22(19,20)14(2,3)4/h5-6H,7-9H2,1-4H3,(H,15,18)(H,16,17). The fourth-order valence-corrected chi connectivity index (χ4v) is 3.35. The maximum absolute atomic E-state index is 11.9. The summed E-state index contributed by atoms with van der Waals surface area (Å²) >= 11 is 1.27. The Morgan fingerprint density at radius 3 is 2.36 bits per heavy atom. The first-order valence-corrected chi connectivity index (χ1v) is 9.33. The van der Waals surface area contributed by atoms with Crippen LogP contribution in [-0.2, 0) is 21.2 Å². The van der Waals surface area contributed by atoms with Gasteiger partial charge in [-0.2, -0.15) is 0 Å². The summed E-state index contributed by atoms with van der Waals surface area (Å²) in [6.07, 6.45) is 0. The largest absolute Gasteiger partial charge is 0.351 e. The molecule has 1 rings (SSSR count). The average Bonchev–Trinajstić information content (AvgIpc) is 2.83. The number of carbonyl (C=O) groups excluding carboxylic acids is 2. The second kappa shape index (κ2) is 7.23. The lowest BCUT2D eigenvalue weighted by Crippen LogP contribution is -2.36. The molecular formula is C14H22N2O4S2. The fraction of sp³-hybridized carbons (Fsp3) is 0.571. The molecule has 8 heteroatoms. The van der Waals surface area contributed by atoms with Crippen LogP contribution in [0.4, 0.5) is 0 Å². The van der Waals surface area contributed by atoms with Crippen LogP contribution in [-0.4, -0.2) is 37.3 Å². The minimum Gasteiger partial charge on any atom is -0.351 e. The third kappa shape index (κ3) is 5.42. The summed E-state index contributed by atoms with van der Waals surface area (Å²) in [5.41, 5.74) is 0. The van der Waals surface area contributed by atoms with Gasteiger partial charge in [-0.25, -0.2) is 8.42 Å². The molecule has 0 saturated carbocycles. The van der Waals surface area contributed by atoms with Gasteiger partial charge in [-0.05, 0) is 32.9 Å². The zero-order valence-electron chi connectivity index (χ0n) is 13.2. The van der Waals surface area contributed by atoms with Crippen molar-refractivity contribution in [2.75, 3.05) is 12.3 Å². The van der Waals surface area contributed by atoms with Crippen molar-refractivity contribution in [2.45, 2.75) is 39.0 Å². The van der Waals surface area contributed by atoms with Crippen molar-refractivity contribution in [1.82, 2.24) is 10.6 Å². The van der Waals surface area contributed by atoms with Gasteiger partial charge >= 0.3 is 0 Å². The maximum Gasteiger partial charge on any atom is 0.261 e. The molecule has 0 fully saturated rings. The molecule has 1 aromatic rings. The molecule has 1 heterocycles. The van der Waals surface area contributed by atoms with E-state index in [0.717, 1.165) is 4.88 Å². The van der Waals surface area contributed by atoms with Crippen LogP contribution in [0, 0.1) is 0 Å². The van der Waals surface area contributed by atoms with Crippen LogP contribution in [0.2, 0.25) is 0 Å². The molecule has 0 aliphatic rings. The van der Waals surface area contributed by atoms with Crippen LogP contribution >= 0.6 is 11.3 Å². The van der Waals surface area contributed by atoms with Gasteiger partial charge in [-0.3, -0.25) is 9.59 Å². The van der Waals surface area contributed by atoms with Crippen LogP contribution in [0.5, 0.6) is 0 Å². The average molecular weight is 346 g/mol. The van der Waals surface area contributed by atoms with E-state index in [1.807, 2.05) is 0 Å². The number of carbonyl (C=O) groups is 2. The smallest absolute Gasteiger partial charge is 0.261 e. The van der Waals surface area contributed by atoms with Gasteiger partial charge in [0, 0.05) is 18.3 Å². The molecule has 0 bridgehead atoms. The van der Waals surface area contributed by atoms with E-state index in [0.29, 0.717) is 11.4 Å². The number of hydrogen-bond donors (Lipinski definition) is 2. The zero-order valence-corrected chi connectivity index (χ0v) is 14.9. The maximum atomic E-state index is 11.9. The molecule has 2 amide bonds. The summed E-state index contributed by atoms with van der Waals surface area (Å²) in [4.78, 5) is 24.1. The minimum absolute atomic E-state index is 0.0807. The van der Waals surface area contributed by atoms with Crippen LogP contribution < -0.4 is 10.6 Å². The Kier molecular flexibility index (Phi) is 6.13. The fourth-order valence-electron chi connectivity index (χ4n) is 1.50. The van der Waals surface area contributed by atoms with Crippen molar-refractivity contribution in [3.63, 3.8) is 0 Å². The van der Waals surface area contributed by atoms with E-state index < -0.39 is 14.6 Å². The Balaban J connectivity index is 2.51. The lowest BCUT2D eigenvalue weighted by Gasteiger charge is -2.19. The van der Waals surface area contributed by atoms with Crippen molar-refractivity contribution in [3.05, 3.63) is 21.9 Å². The van der Waals surface area contributed by atoms with E-state index >= 15 is 0 Å². The van der Waals surface area contributed by atoms with E-state index in [1.54, 1.807) is 32.9 Å². The predicted molar refractivity (Wildman–Crippen MR) is 87.7 cm³/mol. The number of sulfone groups is 1. The topological polar surface area (TPSA) is 92.3 Å². The van der Waals surface area contributed by atoms with Crippen molar-refractivity contribution < 1.29 is 18.0 Å². The van der Waals surface area contributed by atoms with Crippen LogP contribution in [0.3, 0.4) is 0 Å². The second-order valence-corrected chi connectivity index (χ2v) is 9.89. The third-order valence-electron chi connectivity index (χ3n) is 2.99. The molecule has 0 aliphatic heterocycles. The van der Waals surface area contributed by atoms with Crippen molar-refractivity contribution in [1.29, 1.82) is 0 Å². The normalized spacial score (nSPS) is 12.0. The highest BCUT2D eigenvalue weighted by Gasteiger charge is 2.28. The summed E-state index contributed by atoms with van der Waals surface area (Å²) in [7, 11) is -3.25.